The van der Waals surface area contributed by atoms with Gasteiger partial charge in [0.2, 0.25) is 0 Å². The highest BCUT2D eigenvalue weighted by Gasteiger charge is 2.05. The zero-order valence-corrected chi connectivity index (χ0v) is 12.1. The fourth-order valence-corrected chi connectivity index (χ4v) is 1.97. The summed E-state index contributed by atoms with van der Waals surface area (Å²) >= 11 is 5.82. The Labute approximate surface area is 115 Å². The van der Waals surface area contributed by atoms with E-state index in [2.05, 4.69) is 6.92 Å². The summed E-state index contributed by atoms with van der Waals surface area (Å²) in [5, 5.41) is 0. The molecule has 0 spiro atoms. The second-order valence-electron chi connectivity index (χ2n) is 4.38. The zero-order chi connectivity index (χ0) is 13.2. The van der Waals surface area contributed by atoms with Gasteiger partial charge in [0, 0.05) is 5.88 Å². The van der Waals surface area contributed by atoms with Crippen molar-refractivity contribution < 1.29 is 9.47 Å². The lowest BCUT2D eigenvalue weighted by Gasteiger charge is -2.11. The number of methoxy groups -OCH3 is 1. The lowest BCUT2D eigenvalue weighted by molar-refractivity contribution is 0.284. The number of hydrogen-bond donors (Lipinski definition) is 0. The molecule has 0 saturated heterocycles. The molecule has 0 unspecified atom stereocenters. The van der Waals surface area contributed by atoms with Gasteiger partial charge in [-0.2, -0.15) is 0 Å². The molecule has 1 aromatic rings. The molecule has 0 N–H and O–H groups in total. The summed E-state index contributed by atoms with van der Waals surface area (Å²) in [6.45, 7) is 2.96. The number of unbranched alkanes of at least 4 members (excludes halogenated alkanes) is 4. The summed E-state index contributed by atoms with van der Waals surface area (Å²) < 4.78 is 11.0. The molecule has 3 heteroatoms. The number of rotatable bonds is 9. The van der Waals surface area contributed by atoms with E-state index in [-0.39, 0.29) is 0 Å². The fraction of sp³-hybridized carbons (Fsp3) is 0.600. The molecule has 0 bridgehead atoms. The number of ether oxygens (including phenoxy) is 2. The normalized spacial score (nSPS) is 10.4. The van der Waals surface area contributed by atoms with Crippen molar-refractivity contribution in [2.75, 3.05) is 13.7 Å². The standard InChI is InChI=1S/C15H23ClO2/c1-3-4-5-6-7-10-18-15-11-13(12-16)8-9-14(15)17-2/h8-9,11H,3-7,10,12H2,1-2H3. The van der Waals surface area contributed by atoms with Gasteiger partial charge >= 0.3 is 0 Å². The van der Waals surface area contributed by atoms with Gasteiger partial charge in [0.15, 0.2) is 11.5 Å². The van der Waals surface area contributed by atoms with Gasteiger partial charge in [-0.1, -0.05) is 38.7 Å². The fourth-order valence-electron chi connectivity index (χ4n) is 1.80. The first-order valence-electron chi connectivity index (χ1n) is 6.67. The van der Waals surface area contributed by atoms with Crippen LogP contribution in [0, 0.1) is 0 Å². The van der Waals surface area contributed by atoms with E-state index in [9.17, 15) is 0 Å². The molecule has 0 atom stereocenters. The largest absolute Gasteiger partial charge is 0.493 e. The topological polar surface area (TPSA) is 18.5 Å². The summed E-state index contributed by atoms with van der Waals surface area (Å²) in [6, 6.07) is 5.82. The first-order valence-corrected chi connectivity index (χ1v) is 7.21. The maximum absolute atomic E-state index is 5.82. The van der Waals surface area contributed by atoms with Crippen molar-refractivity contribution in [1.82, 2.24) is 0 Å². The van der Waals surface area contributed by atoms with E-state index in [0.717, 1.165) is 30.1 Å². The van der Waals surface area contributed by atoms with Gasteiger partial charge < -0.3 is 9.47 Å². The van der Waals surface area contributed by atoms with Crippen molar-refractivity contribution in [2.45, 2.75) is 44.9 Å². The molecule has 0 saturated carbocycles. The number of halogens is 1. The molecule has 1 aromatic carbocycles. The van der Waals surface area contributed by atoms with Gasteiger partial charge in [-0.05, 0) is 24.1 Å². The predicted octanol–water partition coefficient (Wildman–Crippen LogP) is 4.78. The molecular formula is C15H23ClO2. The van der Waals surface area contributed by atoms with E-state index in [0.29, 0.717) is 5.88 Å². The summed E-state index contributed by atoms with van der Waals surface area (Å²) in [5.41, 5.74) is 1.05. The van der Waals surface area contributed by atoms with Gasteiger partial charge in [0.25, 0.3) is 0 Å². The van der Waals surface area contributed by atoms with Crippen molar-refractivity contribution in [3.8, 4) is 11.5 Å². The average molecular weight is 271 g/mol. The Hall–Kier alpha value is -0.890. The van der Waals surface area contributed by atoms with Crippen LogP contribution in [0.2, 0.25) is 0 Å². The Morgan fingerprint density at radius 3 is 2.50 bits per heavy atom. The minimum Gasteiger partial charge on any atom is -0.493 e. The van der Waals surface area contributed by atoms with E-state index < -0.39 is 0 Å². The van der Waals surface area contributed by atoms with Gasteiger partial charge in [0.1, 0.15) is 0 Å². The SMILES string of the molecule is CCCCCCCOc1cc(CCl)ccc1OC. The lowest BCUT2D eigenvalue weighted by atomic mass is 10.2. The molecular weight excluding hydrogens is 248 g/mol. The van der Waals surface area contributed by atoms with Gasteiger partial charge in [-0.3, -0.25) is 0 Å². The Morgan fingerprint density at radius 2 is 1.83 bits per heavy atom. The lowest BCUT2D eigenvalue weighted by Crippen LogP contribution is -2.00. The summed E-state index contributed by atoms with van der Waals surface area (Å²) in [6.07, 6.45) is 6.19. The molecule has 2 nitrogen and oxygen atoms in total. The molecule has 0 aromatic heterocycles. The highest BCUT2D eigenvalue weighted by molar-refractivity contribution is 6.17. The zero-order valence-electron chi connectivity index (χ0n) is 11.4. The number of hydrogen-bond acceptors (Lipinski definition) is 2. The van der Waals surface area contributed by atoms with Crippen molar-refractivity contribution in [3.05, 3.63) is 23.8 Å². The van der Waals surface area contributed by atoms with Crippen molar-refractivity contribution >= 4 is 11.6 Å². The van der Waals surface area contributed by atoms with Crippen LogP contribution in [0.1, 0.15) is 44.6 Å². The molecule has 0 heterocycles. The van der Waals surface area contributed by atoms with Crippen LogP contribution in [0.3, 0.4) is 0 Å². The van der Waals surface area contributed by atoms with Crippen molar-refractivity contribution in [3.63, 3.8) is 0 Å². The van der Waals surface area contributed by atoms with Crippen LogP contribution < -0.4 is 9.47 Å². The molecule has 0 fully saturated rings. The van der Waals surface area contributed by atoms with E-state index in [1.165, 1.54) is 25.7 Å². The molecule has 18 heavy (non-hydrogen) atoms. The van der Waals surface area contributed by atoms with E-state index in [1.807, 2.05) is 18.2 Å². The molecule has 0 aliphatic carbocycles. The molecule has 0 aliphatic heterocycles. The van der Waals surface area contributed by atoms with E-state index in [1.54, 1.807) is 7.11 Å². The Kier molecular flexibility index (Phi) is 7.66. The maximum atomic E-state index is 5.82. The maximum Gasteiger partial charge on any atom is 0.161 e. The van der Waals surface area contributed by atoms with Crippen LogP contribution in [0.4, 0.5) is 0 Å². The van der Waals surface area contributed by atoms with E-state index in [4.69, 9.17) is 21.1 Å². The van der Waals surface area contributed by atoms with E-state index >= 15 is 0 Å². The summed E-state index contributed by atoms with van der Waals surface area (Å²) in [7, 11) is 1.66. The monoisotopic (exact) mass is 270 g/mol. The van der Waals surface area contributed by atoms with Crippen LogP contribution in [0.15, 0.2) is 18.2 Å². The summed E-state index contributed by atoms with van der Waals surface area (Å²) in [4.78, 5) is 0. The third-order valence-corrected chi connectivity index (χ3v) is 3.20. The van der Waals surface area contributed by atoms with Gasteiger partial charge in [-0.15, -0.1) is 11.6 Å². The van der Waals surface area contributed by atoms with Crippen molar-refractivity contribution in [1.29, 1.82) is 0 Å². The molecule has 0 aliphatic rings. The second kappa shape index (κ2) is 9.09. The summed E-state index contributed by atoms with van der Waals surface area (Å²) in [5.74, 6) is 2.07. The smallest absolute Gasteiger partial charge is 0.161 e. The van der Waals surface area contributed by atoms with Crippen LogP contribution in [0.25, 0.3) is 0 Å². The highest BCUT2D eigenvalue weighted by atomic mass is 35.5. The third-order valence-electron chi connectivity index (χ3n) is 2.89. The van der Waals surface area contributed by atoms with Crippen LogP contribution in [-0.4, -0.2) is 13.7 Å². The first kappa shape index (κ1) is 15.2. The Morgan fingerprint density at radius 1 is 1.06 bits per heavy atom. The van der Waals surface area contributed by atoms with Crippen LogP contribution in [-0.2, 0) is 5.88 Å². The quantitative estimate of drug-likeness (QED) is 0.475. The number of benzene rings is 1. The van der Waals surface area contributed by atoms with Gasteiger partial charge in [-0.25, -0.2) is 0 Å². The molecule has 1 rings (SSSR count). The second-order valence-corrected chi connectivity index (χ2v) is 4.65. The Balaban J connectivity index is 2.39. The molecule has 0 amide bonds. The molecule has 0 radical (unpaired) electrons. The van der Waals surface area contributed by atoms with Crippen LogP contribution in [0.5, 0.6) is 11.5 Å². The Bertz CT molecular complexity index is 339. The number of alkyl halides is 1. The molecule has 102 valence electrons. The first-order chi connectivity index (χ1) is 8.81. The van der Waals surface area contributed by atoms with Crippen LogP contribution >= 0.6 is 11.6 Å². The minimum absolute atomic E-state index is 0.497. The highest BCUT2D eigenvalue weighted by Crippen LogP contribution is 2.28. The average Bonchev–Trinajstić information content (AvgIpc) is 2.42. The third kappa shape index (κ3) is 5.18. The van der Waals surface area contributed by atoms with Crippen molar-refractivity contribution in [2.24, 2.45) is 0 Å². The van der Waals surface area contributed by atoms with Gasteiger partial charge in [0.05, 0.1) is 13.7 Å². The minimum atomic E-state index is 0.497. The predicted molar refractivity (Wildman–Crippen MR) is 76.8 cm³/mol.